The van der Waals surface area contributed by atoms with E-state index in [1.54, 1.807) is 19.2 Å². The maximum Gasteiger partial charge on any atom is 0.255 e. The third kappa shape index (κ3) is 6.85. The Kier molecular flexibility index (Phi) is 9.14. The van der Waals surface area contributed by atoms with Crippen LogP contribution in [0.3, 0.4) is 0 Å². The minimum absolute atomic E-state index is 0.154. The molecule has 3 aromatic carbocycles. The van der Waals surface area contributed by atoms with Gasteiger partial charge >= 0.3 is 0 Å². The van der Waals surface area contributed by atoms with E-state index in [9.17, 15) is 14.4 Å². The highest BCUT2D eigenvalue weighted by Crippen LogP contribution is 2.33. The lowest BCUT2D eigenvalue weighted by molar-refractivity contribution is -0.121. The molecule has 1 N–H and O–H groups in total. The molecule has 0 spiro atoms. The molecule has 0 aromatic heterocycles. The summed E-state index contributed by atoms with van der Waals surface area (Å²) in [4.78, 5) is 40.5. The van der Waals surface area contributed by atoms with Crippen molar-refractivity contribution in [3.05, 3.63) is 100 Å². The molecule has 0 bridgehead atoms. The van der Waals surface area contributed by atoms with Gasteiger partial charge in [0.2, 0.25) is 5.91 Å². The molecule has 1 unspecified atom stereocenters. The summed E-state index contributed by atoms with van der Waals surface area (Å²) in [7, 11) is 1.56. The van der Waals surface area contributed by atoms with Gasteiger partial charge in [-0.1, -0.05) is 60.2 Å². The van der Waals surface area contributed by atoms with Gasteiger partial charge in [0.1, 0.15) is 18.6 Å². The number of amides is 2. The molecular weight excluding hydrogens is 514 g/mol. The molecule has 0 aliphatic carbocycles. The molecule has 7 heteroatoms. The number of rotatable bonds is 11. The van der Waals surface area contributed by atoms with E-state index < -0.39 is 6.04 Å². The van der Waals surface area contributed by atoms with Crippen LogP contribution in [0.1, 0.15) is 69.8 Å². The van der Waals surface area contributed by atoms with Crippen LogP contribution in [0, 0.1) is 6.92 Å². The van der Waals surface area contributed by atoms with E-state index in [2.05, 4.69) is 65.7 Å². The molecule has 2 aliphatic rings. The maximum atomic E-state index is 13.0. The predicted molar refractivity (Wildman–Crippen MR) is 159 cm³/mol. The number of aldehydes is 1. The Morgan fingerprint density at radius 3 is 2.41 bits per heavy atom. The van der Waals surface area contributed by atoms with E-state index in [1.165, 1.54) is 34.4 Å². The van der Waals surface area contributed by atoms with Gasteiger partial charge in [-0.2, -0.15) is 0 Å². The van der Waals surface area contributed by atoms with Gasteiger partial charge in [0.15, 0.2) is 0 Å². The van der Waals surface area contributed by atoms with Crippen molar-refractivity contribution in [2.45, 2.75) is 64.3 Å². The summed E-state index contributed by atoms with van der Waals surface area (Å²) >= 11 is 0. The lowest BCUT2D eigenvalue weighted by atomic mass is 9.89. The Hall–Kier alpha value is -3.97. The van der Waals surface area contributed by atoms with E-state index in [0.717, 1.165) is 37.0 Å². The van der Waals surface area contributed by atoms with E-state index in [4.69, 9.17) is 4.74 Å². The Morgan fingerprint density at radius 2 is 1.73 bits per heavy atom. The molecule has 41 heavy (non-hydrogen) atoms. The standard InChI is InChI=1S/C34H39N3O4/c1-24-6-12-27(13-7-24)28-16-18-36(19-17-28)20-25-8-10-26(11-9-25)23-41-32-5-3-4-30-31(32)21-37(34(30)40)29(22-38)14-15-33(39)35-2/h3-13,22,28-29H,14-21,23H2,1-2H3,(H,35,39). The summed E-state index contributed by atoms with van der Waals surface area (Å²) in [6, 6.07) is 22.3. The number of likely N-dealkylation sites (tertiary alicyclic amines) is 1. The summed E-state index contributed by atoms with van der Waals surface area (Å²) in [5.41, 5.74) is 6.46. The summed E-state index contributed by atoms with van der Waals surface area (Å²) in [5, 5.41) is 2.56. The first-order chi connectivity index (χ1) is 19.9. The fourth-order valence-corrected chi connectivity index (χ4v) is 5.85. The number of hydrogen-bond acceptors (Lipinski definition) is 5. The number of nitrogens with one attached hydrogen (secondary N) is 1. The molecule has 1 fully saturated rings. The van der Waals surface area contributed by atoms with Crippen LogP contribution in [0.25, 0.3) is 0 Å². The number of carbonyl (C=O) groups excluding carboxylic acids is 3. The molecule has 2 aliphatic heterocycles. The minimum Gasteiger partial charge on any atom is -0.489 e. The number of hydrogen-bond donors (Lipinski definition) is 1. The molecule has 2 heterocycles. The van der Waals surface area contributed by atoms with E-state index in [-0.39, 0.29) is 24.7 Å². The Labute approximate surface area is 242 Å². The van der Waals surface area contributed by atoms with E-state index >= 15 is 0 Å². The zero-order valence-corrected chi connectivity index (χ0v) is 24.0. The number of ether oxygens (including phenoxy) is 1. The fourth-order valence-electron chi connectivity index (χ4n) is 5.85. The average Bonchev–Trinajstić information content (AvgIpc) is 3.34. The van der Waals surface area contributed by atoms with Crippen LogP contribution >= 0.6 is 0 Å². The van der Waals surface area contributed by atoms with Crippen LogP contribution in [-0.2, 0) is 29.3 Å². The topological polar surface area (TPSA) is 79.0 Å². The smallest absolute Gasteiger partial charge is 0.255 e. The van der Waals surface area contributed by atoms with Crippen molar-refractivity contribution < 1.29 is 19.1 Å². The highest BCUT2D eigenvalue weighted by molar-refractivity contribution is 6.00. The van der Waals surface area contributed by atoms with Crippen molar-refractivity contribution in [2.24, 2.45) is 0 Å². The Bertz CT molecular complexity index is 1360. The van der Waals surface area contributed by atoms with Crippen molar-refractivity contribution in [3.8, 4) is 5.75 Å². The number of nitrogens with zero attached hydrogens (tertiary/aromatic N) is 2. The number of piperidine rings is 1. The number of carbonyl (C=O) groups is 3. The average molecular weight is 554 g/mol. The molecule has 0 radical (unpaired) electrons. The largest absolute Gasteiger partial charge is 0.489 e. The molecule has 1 saturated heterocycles. The molecule has 3 aromatic rings. The van der Waals surface area contributed by atoms with Crippen molar-refractivity contribution in [1.29, 1.82) is 0 Å². The van der Waals surface area contributed by atoms with Crippen molar-refractivity contribution in [3.63, 3.8) is 0 Å². The van der Waals surface area contributed by atoms with Crippen LogP contribution in [0.5, 0.6) is 5.75 Å². The van der Waals surface area contributed by atoms with E-state index in [1.807, 2.05) is 6.07 Å². The summed E-state index contributed by atoms with van der Waals surface area (Å²) in [6.45, 7) is 5.98. The first-order valence-corrected chi connectivity index (χ1v) is 14.5. The predicted octanol–water partition coefficient (Wildman–Crippen LogP) is 5.00. The summed E-state index contributed by atoms with van der Waals surface area (Å²) in [5.74, 6) is 0.945. The molecular formula is C34H39N3O4. The fraction of sp³-hybridized carbons (Fsp3) is 0.382. The zero-order chi connectivity index (χ0) is 28.8. The van der Waals surface area contributed by atoms with Crippen LogP contribution in [0.2, 0.25) is 0 Å². The number of benzene rings is 3. The highest BCUT2D eigenvalue weighted by Gasteiger charge is 2.34. The molecule has 5 rings (SSSR count). The second kappa shape index (κ2) is 13.1. The first kappa shape index (κ1) is 28.6. The highest BCUT2D eigenvalue weighted by atomic mass is 16.5. The lowest BCUT2D eigenvalue weighted by Crippen LogP contribution is -2.37. The third-order valence-corrected chi connectivity index (χ3v) is 8.42. The van der Waals surface area contributed by atoms with Crippen LogP contribution in [0.4, 0.5) is 0 Å². The van der Waals surface area contributed by atoms with Gasteiger partial charge in [0.25, 0.3) is 5.91 Å². The summed E-state index contributed by atoms with van der Waals surface area (Å²) < 4.78 is 6.17. The Balaban J connectivity index is 1.13. The molecule has 7 nitrogen and oxygen atoms in total. The van der Waals surface area contributed by atoms with Crippen LogP contribution in [-0.4, -0.2) is 54.1 Å². The van der Waals surface area contributed by atoms with Gasteiger partial charge in [-0.25, -0.2) is 0 Å². The van der Waals surface area contributed by atoms with Gasteiger partial charge in [-0.15, -0.1) is 0 Å². The summed E-state index contributed by atoms with van der Waals surface area (Å²) in [6.07, 6.45) is 3.61. The normalized spacial score (nSPS) is 16.3. The molecule has 1 atom stereocenters. The maximum absolute atomic E-state index is 13.0. The lowest BCUT2D eigenvalue weighted by Gasteiger charge is -2.32. The quantitative estimate of drug-likeness (QED) is 0.338. The van der Waals surface area contributed by atoms with Gasteiger partial charge in [-0.05, 0) is 74.0 Å². The Morgan fingerprint density at radius 1 is 1.02 bits per heavy atom. The minimum atomic E-state index is -0.652. The van der Waals surface area contributed by atoms with E-state index in [0.29, 0.717) is 30.4 Å². The van der Waals surface area contributed by atoms with Gasteiger partial charge in [0, 0.05) is 31.1 Å². The second-order valence-electron chi connectivity index (χ2n) is 11.2. The number of fused-ring (bicyclic) bond motifs is 1. The first-order valence-electron chi connectivity index (χ1n) is 14.5. The van der Waals surface area contributed by atoms with Gasteiger partial charge < -0.3 is 19.7 Å². The van der Waals surface area contributed by atoms with Crippen LogP contribution in [0.15, 0.2) is 66.7 Å². The van der Waals surface area contributed by atoms with Gasteiger partial charge in [0.05, 0.1) is 12.6 Å². The molecule has 2 amide bonds. The van der Waals surface area contributed by atoms with Crippen molar-refractivity contribution in [2.75, 3.05) is 20.1 Å². The van der Waals surface area contributed by atoms with Gasteiger partial charge in [-0.3, -0.25) is 14.5 Å². The molecule has 0 saturated carbocycles. The number of aryl methyl sites for hydroxylation is 1. The monoisotopic (exact) mass is 553 g/mol. The second-order valence-corrected chi connectivity index (χ2v) is 11.2. The zero-order valence-electron chi connectivity index (χ0n) is 24.0. The van der Waals surface area contributed by atoms with Crippen molar-refractivity contribution >= 4 is 18.1 Å². The molecule has 214 valence electrons. The SMILES string of the molecule is CNC(=O)CCC(C=O)N1Cc2c(OCc3ccc(CN4CCC(c5ccc(C)cc5)CC4)cc3)cccc2C1=O. The third-order valence-electron chi connectivity index (χ3n) is 8.42. The van der Waals surface area contributed by atoms with Crippen LogP contribution < -0.4 is 10.1 Å². The van der Waals surface area contributed by atoms with Crippen molar-refractivity contribution in [1.82, 2.24) is 15.1 Å².